The van der Waals surface area contributed by atoms with Gasteiger partial charge in [0.05, 0.1) is 10.9 Å². The van der Waals surface area contributed by atoms with Gasteiger partial charge in [0.1, 0.15) is 30.6 Å². The number of thiophene rings is 1. The first-order valence-corrected chi connectivity index (χ1v) is 10.8. The molecule has 0 aliphatic heterocycles. The monoisotopic (exact) mass is 445 g/mol. The normalized spacial score (nSPS) is 20.1. The van der Waals surface area contributed by atoms with E-state index < -0.39 is 35.8 Å². The molecule has 31 heavy (non-hydrogen) atoms. The quantitative estimate of drug-likeness (QED) is 0.593. The average Bonchev–Trinajstić information content (AvgIpc) is 3.25. The molecule has 3 rings (SSSR count). The number of oxime groups is 1. The van der Waals surface area contributed by atoms with Crippen molar-refractivity contribution in [3.8, 4) is 0 Å². The molecule has 9 heteroatoms. The summed E-state index contributed by atoms with van der Waals surface area (Å²) < 4.78 is 5.33. The van der Waals surface area contributed by atoms with Gasteiger partial charge in [-0.2, -0.15) is 0 Å². The van der Waals surface area contributed by atoms with Gasteiger partial charge in [-0.1, -0.05) is 35.5 Å². The molecule has 1 aromatic heterocycles. The predicted octanol–water partition coefficient (Wildman–Crippen LogP) is 2.77. The van der Waals surface area contributed by atoms with E-state index in [9.17, 15) is 14.7 Å². The first kappa shape index (κ1) is 22.8. The largest absolute Gasteiger partial charge is 0.444 e. The number of benzene rings is 1. The number of rotatable bonds is 6. The van der Waals surface area contributed by atoms with Crippen LogP contribution in [0.15, 0.2) is 46.9 Å². The Kier molecular flexibility index (Phi) is 6.97. The van der Waals surface area contributed by atoms with Crippen molar-refractivity contribution in [2.24, 2.45) is 5.16 Å². The summed E-state index contributed by atoms with van der Waals surface area (Å²) in [5, 5.41) is 22.0. The van der Waals surface area contributed by atoms with Crippen LogP contribution in [0.2, 0.25) is 0 Å². The Morgan fingerprint density at radius 2 is 1.94 bits per heavy atom. The number of aliphatic hydroxyl groups excluding tert-OH is 1. The van der Waals surface area contributed by atoms with E-state index >= 15 is 0 Å². The van der Waals surface area contributed by atoms with Gasteiger partial charge in [0.25, 0.3) is 0 Å². The molecule has 0 spiro atoms. The minimum Gasteiger partial charge on any atom is -0.444 e. The van der Waals surface area contributed by atoms with Crippen LogP contribution in [0, 0.1) is 0 Å². The number of ether oxygens (including phenoxy) is 1. The van der Waals surface area contributed by atoms with Crippen LogP contribution in [0.4, 0.5) is 4.79 Å². The highest BCUT2D eigenvalue weighted by atomic mass is 32.1. The second kappa shape index (κ2) is 9.49. The van der Waals surface area contributed by atoms with Crippen molar-refractivity contribution >= 4 is 29.0 Å². The molecule has 2 amide bonds. The number of hydrogen-bond acceptors (Lipinski definition) is 7. The molecular formula is C22H27N3O5S. The van der Waals surface area contributed by atoms with Gasteiger partial charge in [0.15, 0.2) is 0 Å². The number of carbonyl (C=O) groups excluding carboxylic acids is 2. The smallest absolute Gasteiger partial charge is 0.408 e. The van der Waals surface area contributed by atoms with Crippen LogP contribution in [-0.2, 0) is 20.8 Å². The SMILES string of the molecule is CO/N=C1/c2sccc2[C@@H](NC(=O)[C@H](Cc2ccccc2)NC(=O)OC(C)(C)C)[C@H]1O. The van der Waals surface area contributed by atoms with Crippen LogP contribution < -0.4 is 10.6 Å². The molecule has 0 bridgehead atoms. The molecule has 0 fully saturated rings. The lowest BCUT2D eigenvalue weighted by molar-refractivity contribution is -0.124. The molecule has 8 nitrogen and oxygen atoms in total. The van der Waals surface area contributed by atoms with Gasteiger partial charge >= 0.3 is 6.09 Å². The predicted molar refractivity (Wildman–Crippen MR) is 118 cm³/mol. The summed E-state index contributed by atoms with van der Waals surface area (Å²) in [6, 6.07) is 9.61. The van der Waals surface area contributed by atoms with Crippen LogP contribution in [0.1, 0.15) is 42.8 Å². The molecule has 2 aromatic rings. The molecular weight excluding hydrogens is 418 g/mol. The third-order valence-electron chi connectivity index (χ3n) is 4.64. The second-order valence-electron chi connectivity index (χ2n) is 8.18. The van der Waals surface area contributed by atoms with Gasteiger partial charge in [-0.05, 0) is 43.3 Å². The summed E-state index contributed by atoms with van der Waals surface area (Å²) in [6.07, 6.45) is -1.47. The lowest BCUT2D eigenvalue weighted by Gasteiger charge is -2.25. The Labute approximate surface area is 185 Å². The van der Waals surface area contributed by atoms with Crippen molar-refractivity contribution in [2.45, 2.75) is 51.0 Å². The molecule has 166 valence electrons. The van der Waals surface area contributed by atoms with Crippen molar-refractivity contribution in [1.29, 1.82) is 0 Å². The Hall–Kier alpha value is -2.91. The summed E-state index contributed by atoms with van der Waals surface area (Å²) >= 11 is 1.41. The van der Waals surface area contributed by atoms with Crippen molar-refractivity contribution in [3.63, 3.8) is 0 Å². The highest BCUT2D eigenvalue weighted by Gasteiger charge is 2.40. The number of aliphatic hydroxyl groups is 1. The summed E-state index contributed by atoms with van der Waals surface area (Å²) in [6.45, 7) is 5.26. The summed E-state index contributed by atoms with van der Waals surface area (Å²) in [7, 11) is 1.40. The maximum absolute atomic E-state index is 13.2. The molecule has 1 aliphatic carbocycles. The van der Waals surface area contributed by atoms with E-state index in [4.69, 9.17) is 9.57 Å². The summed E-state index contributed by atoms with van der Waals surface area (Å²) in [5.74, 6) is -0.436. The van der Waals surface area contributed by atoms with Crippen LogP contribution in [-0.4, -0.2) is 47.7 Å². The van der Waals surface area contributed by atoms with E-state index in [2.05, 4.69) is 15.8 Å². The average molecular weight is 446 g/mol. The van der Waals surface area contributed by atoms with E-state index in [0.717, 1.165) is 16.0 Å². The van der Waals surface area contributed by atoms with Crippen molar-refractivity contribution in [1.82, 2.24) is 10.6 Å². The fourth-order valence-electron chi connectivity index (χ4n) is 3.35. The lowest BCUT2D eigenvalue weighted by Crippen LogP contribution is -2.51. The minimum atomic E-state index is -1.05. The van der Waals surface area contributed by atoms with E-state index in [0.29, 0.717) is 5.71 Å². The zero-order chi connectivity index (χ0) is 22.6. The standard InChI is InChI=1S/C22H27N3O5S/c1-22(2,3)30-21(28)23-15(12-13-8-6-5-7-9-13)20(27)24-16-14-10-11-31-19(14)17(18(16)26)25-29-4/h5-11,15-16,18,26H,12H2,1-4H3,(H,23,28)(H,24,27)/b25-17+/t15-,16+,18+/m0/s1. The van der Waals surface area contributed by atoms with Gasteiger partial charge in [-0.25, -0.2) is 4.79 Å². The van der Waals surface area contributed by atoms with Gasteiger partial charge in [0, 0.05) is 6.42 Å². The van der Waals surface area contributed by atoms with Gasteiger partial charge in [-0.15, -0.1) is 11.3 Å². The van der Waals surface area contributed by atoms with Crippen LogP contribution in [0.25, 0.3) is 0 Å². The Balaban J connectivity index is 1.79. The molecule has 0 saturated carbocycles. The first-order valence-electron chi connectivity index (χ1n) is 9.90. The van der Waals surface area contributed by atoms with Crippen LogP contribution in [0.5, 0.6) is 0 Å². The van der Waals surface area contributed by atoms with E-state index in [1.807, 2.05) is 41.8 Å². The minimum absolute atomic E-state index is 0.268. The molecule has 0 radical (unpaired) electrons. The lowest BCUT2D eigenvalue weighted by atomic mass is 10.0. The summed E-state index contributed by atoms with van der Waals surface area (Å²) in [4.78, 5) is 31.2. The highest BCUT2D eigenvalue weighted by Crippen LogP contribution is 2.36. The maximum atomic E-state index is 13.2. The third-order valence-corrected chi connectivity index (χ3v) is 5.59. The Morgan fingerprint density at radius 1 is 1.23 bits per heavy atom. The Bertz CT molecular complexity index is 952. The van der Waals surface area contributed by atoms with Gasteiger partial charge < -0.3 is 25.3 Å². The maximum Gasteiger partial charge on any atom is 0.408 e. The van der Waals surface area contributed by atoms with E-state index in [-0.39, 0.29) is 6.42 Å². The molecule has 0 saturated heterocycles. The highest BCUT2D eigenvalue weighted by molar-refractivity contribution is 7.12. The van der Waals surface area contributed by atoms with Gasteiger partial charge in [-0.3, -0.25) is 4.79 Å². The number of amides is 2. The van der Waals surface area contributed by atoms with Crippen LogP contribution >= 0.6 is 11.3 Å². The number of hydrogen-bond donors (Lipinski definition) is 3. The zero-order valence-corrected chi connectivity index (χ0v) is 18.7. The Morgan fingerprint density at radius 3 is 2.58 bits per heavy atom. The van der Waals surface area contributed by atoms with Crippen LogP contribution in [0.3, 0.4) is 0 Å². The third kappa shape index (κ3) is 5.62. The number of fused-ring (bicyclic) bond motifs is 1. The fraction of sp³-hybridized carbons (Fsp3) is 0.409. The molecule has 1 heterocycles. The first-order chi connectivity index (χ1) is 14.7. The zero-order valence-electron chi connectivity index (χ0n) is 17.9. The van der Waals surface area contributed by atoms with Crippen molar-refractivity contribution in [2.75, 3.05) is 7.11 Å². The van der Waals surface area contributed by atoms with Crippen molar-refractivity contribution in [3.05, 3.63) is 57.8 Å². The molecule has 1 aromatic carbocycles. The molecule has 3 N–H and O–H groups in total. The second-order valence-corrected chi connectivity index (χ2v) is 9.10. The number of carbonyl (C=O) groups is 2. The fourth-order valence-corrected chi connectivity index (χ4v) is 4.31. The molecule has 0 unspecified atom stereocenters. The van der Waals surface area contributed by atoms with Crippen molar-refractivity contribution < 1.29 is 24.3 Å². The molecule has 1 aliphatic rings. The topological polar surface area (TPSA) is 109 Å². The number of alkyl carbamates (subject to hydrolysis) is 1. The van der Waals surface area contributed by atoms with Gasteiger partial charge in [0.2, 0.25) is 5.91 Å². The summed E-state index contributed by atoms with van der Waals surface area (Å²) in [5.41, 5.74) is 1.31. The number of nitrogens with zero attached hydrogens (tertiary/aromatic N) is 1. The van der Waals surface area contributed by atoms with E-state index in [1.165, 1.54) is 18.4 Å². The number of nitrogens with one attached hydrogen (secondary N) is 2. The van der Waals surface area contributed by atoms with E-state index in [1.54, 1.807) is 20.8 Å². The molecule has 3 atom stereocenters.